The molecule has 2 aromatic rings. The molecule has 3 rings (SSSR count). The second-order valence-electron chi connectivity index (χ2n) is 5.61. The first-order valence-electron chi connectivity index (χ1n) is 7.30. The van der Waals surface area contributed by atoms with E-state index in [1.54, 1.807) is 15.8 Å². The second-order valence-corrected chi connectivity index (χ2v) is 6.52. The maximum atomic E-state index is 12.6. The maximum absolute atomic E-state index is 12.6. The van der Waals surface area contributed by atoms with E-state index in [-0.39, 0.29) is 12.5 Å². The molecule has 7 heteroatoms. The number of benzene rings is 1. The molecule has 0 aliphatic carbocycles. The van der Waals surface area contributed by atoms with Crippen molar-refractivity contribution >= 4 is 27.8 Å². The number of rotatable bonds is 3. The van der Waals surface area contributed by atoms with E-state index in [2.05, 4.69) is 21.0 Å². The summed E-state index contributed by atoms with van der Waals surface area (Å²) in [6.07, 6.45) is 2.05. The van der Waals surface area contributed by atoms with E-state index in [9.17, 15) is 9.59 Å². The van der Waals surface area contributed by atoms with Crippen molar-refractivity contribution in [2.24, 2.45) is 5.92 Å². The van der Waals surface area contributed by atoms with Crippen LogP contribution in [0.2, 0.25) is 0 Å². The topological polar surface area (TPSA) is 75.4 Å². The molecule has 1 atom stereocenters. The quantitative estimate of drug-likeness (QED) is 0.891. The third-order valence-corrected chi connectivity index (χ3v) is 4.66. The number of hydrogen-bond donors (Lipinski definition) is 1. The number of likely N-dealkylation sites (tertiary alicyclic amines) is 1. The molecule has 1 aliphatic rings. The van der Waals surface area contributed by atoms with Crippen molar-refractivity contribution in [2.75, 3.05) is 13.1 Å². The fourth-order valence-electron chi connectivity index (χ4n) is 2.78. The van der Waals surface area contributed by atoms with Crippen LogP contribution in [0.25, 0.3) is 5.69 Å². The van der Waals surface area contributed by atoms with Gasteiger partial charge in [0.05, 0.1) is 29.1 Å². The number of halogens is 1. The zero-order valence-corrected chi connectivity index (χ0v) is 14.2. The standard InChI is InChI=1S/C16H16BrN3O3/c1-10-14(15(21)19-7-6-11(9-19)16(22)23)8-18-20(10)13-4-2-12(17)3-5-13/h2-5,8,11H,6-7,9H2,1H3,(H,22,23). The van der Waals surface area contributed by atoms with Crippen molar-refractivity contribution in [2.45, 2.75) is 13.3 Å². The van der Waals surface area contributed by atoms with Gasteiger partial charge in [0.1, 0.15) is 0 Å². The van der Waals surface area contributed by atoms with Crippen LogP contribution in [0.1, 0.15) is 22.5 Å². The molecule has 1 amide bonds. The van der Waals surface area contributed by atoms with Crippen LogP contribution in [-0.4, -0.2) is 44.8 Å². The van der Waals surface area contributed by atoms with Crippen molar-refractivity contribution in [1.82, 2.24) is 14.7 Å². The lowest BCUT2D eigenvalue weighted by Crippen LogP contribution is -2.30. The number of hydrogen-bond acceptors (Lipinski definition) is 3. The van der Waals surface area contributed by atoms with Gasteiger partial charge in [0, 0.05) is 17.6 Å². The number of carboxylic acids is 1. The molecule has 1 aromatic heterocycles. The van der Waals surface area contributed by atoms with Crippen LogP contribution in [0.15, 0.2) is 34.9 Å². The number of aromatic nitrogens is 2. The highest BCUT2D eigenvalue weighted by Crippen LogP contribution is 2.22. The Balaban J connectivity index is 1.83. The van der Waals surface area contributed by atoms with E-state index < -0.39 is 11.9 Å². The van der Waals surface area contributed by atoms with Gasteiger partial charge >= 0.3 is 5.97 Å². The molecular weight excluding hydrogens is 362 g/mol. The largest absolute Gasteiger partial charge is 0.481 e. The van der Waals surface area contributed by atoms with E-state index in [0.29, 0.717) is 18.5 Å². The Hall–Kier alpha value is -2.15. The monoisotopic (exact) mass is 377 g/mol. The molecular formula is C16H16BrN3O3. The summed E-state index contributed by atoms with van der Waals surface area (Å²) in [6, 6.07) is 7.65. The minimum Gasteiger partial charge on any atom is -0.481 e. The molecule has 0 radical (unpaired) electrons. The molecule has 6 nitrogen and oxygen atoms in total. The van der Waals surface area contributed by atoms with Crippen molar-refractivity contribution in [3.63, 3.8) is 0 Å². The summed E-state index contributed by atoms with van der Waals surface area (Å²) in [4.78, 5) is 25.2. The molecule has 1 N–H and O–H groups in total. The highest BCUT2D eigenvalue weighted by Gasteiger charge is 2.32. The SMILES string of the molecule is Cc1c(C(=O)N2CCC(C(=O)O)C2)cnn1-c1ccc(Br)cc1. The van der Waals surface area contributed by atoms with Crippen molar-refractivity contribution in [3.8, 4) is 5.69 Å². The van der Waals surface area contributed by atoms with Crippen molar-refractivity contribution in [1.29, 1.82) is 0 Å². The minimum atomic E-state index is -0.845. The first-order valence-corrected chi connectivity index (χ1v) is 8.09. The molecule has 1 saturated heterocycles. The summed E-state index contributed by atoms with van der Waals surface area (Å²) >= 11 is 3.39. The van der Waals surface area contributed by atoms with Crippen LogP contribution in [0.3, 0.4) is 0 Å². The predicted molar refractivity (Wildman–Crippen MR) is 87.6 cm³/mol. The fourth-order valence-corrected chi connectivity index (χ4v) is 3.04. The average molecular weight is 378 g/mol. The van der Waals surface area contributed by atoms with Crippen LogP contribution in [0.5, 0.6) is 0 Å². The van der Waals surface area contributed by atoms with Gasteiger partial charge in [-0.25, -0.2) is 4.68 Å². The van der Waals surface area contributed by atoms with E-state index in [1.807, 2.05) is 31.2 Å². The summed E-state index contributed by atoms with van der Waals surface area (Å²) in [5, 5.41) is 13.4. The van der Waals surface area contributed by atoms with Gasteiger partial charge in [0.2, 0.25) is 0 Å². The lowest BCUT2D eigenvalue weighted by atomic mass is 10.1. The third-order valence-electron chi connectivity index (χ3n) is 4.14. The molecule has 2 heterocycles. The number of nitrogens with zero attached hydrogens (tertiary/aromatic N) is 3. The molecule has 0 spiro atoms. The summed E-state index contributed by atoms with van der Waals surface area (Å²) in [5.74, 6) is -1.47. The lowest BCUT2D eigenvalue weighted by Gasteiger charge is -2.15. The Kier molecular flexibility index (Phi) is 4.21. The summed E-state index contributed by atoms with van der Waals surface area (Å²) in [5.41, 5.74) is 2.13. The minimum absolute atomic E-state index is 0.158. The molecule has 1 aliphatic heterocycles. The molecule has 1 unspecified atom stereocenters. The van der Waals surface area contributed by atoms with E-state index >= 15 is 0 Å². The summed E-state index contributed by atoms with van der Waals surface area (Å²) < 4.78 is 2.68. The molecule has 1 fully saturated rings. The third kappa shape index (κ3) is 3.01. The first-order chi connectivity index (χ1) is 11.0. The van der Waals surface area contributed by atoms with E-state index in [1.165, 1.54) is 0 Å². The number of carboxylic acid groups (broad SMARTS) is 1. The van der Waals surface area contributed by atoms with Gasteiger partial charge in [0.15, 0.2) is 0 Å². The number of aliphatic carboxylic acids is 1. The molecule has 23 heavy (non-hydrogen) atoms. The van der Waals surface area contributed by atoms with Crippen LogP contribution in [0, 0.1) is 12.8 Å². The Morgan fingerprint density at radius 2 is 2.00 bits per heavy atom. The molecule has 0 bridgehead atoms. The number of amides is 1. The van der Waals surface area contributed by atoms with Gasteiger partial charge in [0.25, 0.3) is 5.91 Å². The summed E-state index contributed by atoms with van der Waals surface area (Å²) in [6.45, 7) is 2.57. The van der Waals surface area contributed by atoms with Gasteiger partial charge in [-0.3, -0.25) is 9.59 Å². The number of carbonyl (C=O) groups is 2. The van der Waals surface area contributed by atoms with Crippen LogP contribution in [0.4, 0.5) is 0 Å². The highest BCUT2D eigenvalue weighted by molar-refractivity contribution is 9.10. The van der Waals surface area contributed by atoms with Crippen molar-refractivity contribution in [3.05, 3.63) is 46.2 Å². The van der Waals surface area contributed by atoms with Crippen LogP contribution < -0.4 is 0 Å². The second kappa shape index (κ2) is 6.16. The normalized spacial score (nSPS) is 17.5. The zero-order valence-electron chi connectivity index (χ0n) is 12.6. The lowest BCUT2D eigenvalue weighted by molar-refractivity contribution is -0.141. The molecule has 0 saturated carbocycles. The number of carbonyl (C=O) groups excluding carboxylic acids is 1. The highest BCUT2D eigenvalue weighted by atomic mass is 79.9. The average Bonchev–Trinajstić information content (AvgIpc) is 3.15. The van der Waals surface area contributed by atoms with Crippen LogP contribution in [-0.2, 0) is 4.79 Å². The van der Waals surface area contributed by atoms with E-state index in [0.717, 1.165) is 15.9 Å². The zero-order chi connectivity index (χ0) is 16.6. The fraction of sp³-hybridized carbons (Fsp3) is 0.312. The smallest absolute Gasteiger partial charge is 0.308 e. The molecule has 1 aromatic carbocycles. The van der Waals surface area contributed by atoms with Gasteiger partial charge in [-0.05, 0) is 37.6 Å². The Labute approximate surface area is 141 Å². The Morgan fingerprint density at radius 3 is 2.61 bits per heavy atom. The predicted octanol–water partition coefficient (Wildman–Crippen LogP) is 2.49. The van der Waals surface area contributed by atoms with Gasteiger partial charge in [-0.15, -0.1) is 0 Å². The van der Waals surface area contributed by atoms with Crippen LogP contribution >= 0.6 is 15.9 Å². The van der Waals surface area contributed by atoms with Gasteiger partial charge in [-0.1, -0.05) is 15.9 Å². The maximum Gasteiger partial charge on any atom is 0.308 e. The molecule has 120 valence electrons. The summed E-state index contributed by atoms with van der Waals surface area (Å²) in [7, 11) is 0. The first kappa shape index (κ1) is 15.7. The Morgan fingerprint density at radius 1 is 1.30 bits per heavy atom. The van der Waals surface area contributed by atoms with Crippen molar-refractivity contribution < 1.29 is 14.7 Å². The van der Waals surface area contributed by atoms with Gasteiger partial charge in [-0.2, -0.15) is 5.10 Å². The van der Waals surface area contributed by atoms with E-state index in [4.69, 9.17) is 5.11 Å². The van der Waals surface area contributed by atoms with Gasteiger partial charge < -0.3 is 10.0 Å². The Bertz CT molecular complexity index is 754.